The number of fused-ring (bicyclic) bond motifs is 1. The molecular formula is C21H14BrN3O2S. The molecule has 0 aliphatic heterocycles. The van der Waals surface area contributed by atoms with E-state index >= 15 is 0 Å². The maximum Gasteiger partial charge on any atom is 0.259 e. The van der Waals surface area contributed by atoms with Crippen molar-refractivity contribution in [2.24, 2.45) is 4.99 Å². The molecule has 3 aromatic carbocycles. The molecule has 0 aliphatic carbocycles. The second-order valence-electron chi connectivity index (χ2n) is 5.92. The van der Waals surface area contributed by atoms with Gasteiger partial charge in [-0.25, -0.2) is 4.98 Å². The lowest BCUT2D eigenvalue weighted by Gasteiger charge is -2.05. The van der Waals surface area contributed by atoms with Gasteiger partial charge in [0.25, 0.3) is 5.91 Å². The Balaban J connectivity index is 1.60. The number of phenolic OH excluding ortho intramolecular Hbond substituents is 1. The zero-order chi connectivity index (χ0) is 19.5. The van der Waals surface area contributed by atoms with E-state index in [9.17, 15) is 9.90 Å². The third-order valence-electron chi connectivity index (χ3n) is 4.00. The second kappa shape index (κ2) is 7.92. The fourth-order valence-corrected chi connectivity index (χ4v) is 3.88. The number of hydrogen-bond donors (Lipinski definition) is 2. The maximum absolute atomic E-state index is 12.8. The molecule has 138 valence electrons. The van der Waals surface area contributed by atoms with Crippen LogP contribution in [0.25, 0.3) is 10.2 Å². The van der Waals surface area contributed by atoms with Crippen molar-refractivity contribution in [3.8, 4) is 5.75 Å². The van der Waals surface area contributed by atoms with Crippen molar-refractivity contribution >= 4 is 60.4 Å². The summed E-state index contributed by atoms with van der Waals surface area (Å²) in [5.41, 5.74) is 2.32. The zero-order valence-electron chi connectivity index (χ0n) is 14.5. The van der Waals surface area contributed by atoms with Crippen LogP contribution in [0, 0.1) is 0 Å². The molecule has 1 aromatic heterocycles. The summed E-state index contributed by atoms with van der Waals surface area (Å²) >= 11 is 4.79. The number of rotatable bonds is 4. The Hall–Kier alpha value is -3.03. The van der Waals surface area contributed by atoms with Crippen molar-refractivity contribution < 1.29 is 9.90 Å². The molecule has 1 amide bonds. The number of benzene rings is 3. The van der Waals surface area contributed by atoms with Gasteiger partial charge in [-0.3, -0.25) is 15.1 Å². The molecule has 0 saturated carbocycles. The second-order valence-corrected chi connectivity index (χ2v) is 7.87. The van der Waals surface area contributed by atoms with E-state index in [0.29, 0.717) is 21.9 Å². The summed E-state index contributed by atoms with van der Waals surface area (Å²) in [6.07, 6.45) is 1.53. The van der Waals surface area contributed by atoms with Crippen molar-refractivity contribution in [3.63, 3.8) is 0 Å². The molecule has 0 radical (unpaired) electrons. The van der Waals surface area contributed by atoms with E-state index in [2.05, 4.69) is 31.2 Å². The lowest BCUT2D eigenvalue weighted by molar-refractivity contribution is 0.102. The van der Waals surface area contributed by atoms with Crippen LogP contribution in [-0.4, -0.2) is 22.2 Å². The number of anilines is 1. The monoisotopic (exact) mass is 451 g/mol. The predicted molar refractivity (Wildman–Crippen MR) is 117 cm³/mol. The van der Waals surface area contributed by atoms with Crippen LogP contribution in [0.4, 0.5) is 10.8 Å². The number of amides is 1. The fourth-order valence-electron chi connectivity index (χ4n) is 2.64. The number of aromatic nitrogens is 1. The molecule has 0 atom stereocenters. The summed E-state index contributed by atoms with van der Waals surface area (Å²) in [5, 5.41) is 13.3. The number of carbonyl (C=O) groups excluding carboxylic acids is 1. The number of aliphatic imine (C=N–C) groups is 1. The smallest absolute Gasteiger partial charge is 0.259 e. The first kappa shape index (κ1) is 18.3. The predicted octanol–water partition coefficient (Wildman–Crippen LogP) is 5.77. The van der Waals surface area contributed by atoms with Gasteiger partial charge in [0.05, 0.1) is 21.5 Å². The molecule has 0 fully saturated rings. The van der Waals surface area contributed by atoms with Crippen LogP contribution in [0.1, 0.15) is 15.9 Å². The molecule has 5 nitrogen and oxygen atoms in total. The third kappa shape index (κ3) is 3.95. The van der Waals surface area contributed by atoms with E-state index in [1.165, 1.54) is 17.6 Å². The van der Waals surface area contributed by atoms with Crippen LogP contribution in [0.5, 0.6) is 5.75 Å². The van der Waals surface area contributed by atoms with Crippen molar-refractivity contribution in [3.05, 3.63) is 82.3 Å². The maximum atomic E-state index is 12.8. The van der Waals surface area contributed by atoms with E-state index in [1.807, 2.05) is 30.3 Å². The first-order valence-electron chi connectivity index (χ1n) is 8.39. The minimum Gasteiger partial charge on any atom is -0.507 e. The molecule has 1 heterocycles. The Kier molecular flexibility index (Phi) is 5.18. The van der Waals surface area contributed by atoms with Crippen LogP contribution >= 0.6 is 27.3 Å². The average Bonchev–Trinajstić information content (AvgIpc) is 3.11. The van der Waals surface area contributed by atoms with Crippen LogP contribution in [0.15, 0.2) is 76.2 Å². The molecule has 0 aliphatic rings. The van der Waals surface area contributed by atoms with Crippen molar-refractivity contribution in [1.82, 2.24) is 4.98 Å². The number of phenols is 1. The summed E-state index contributed by atoms with van der Waals surface area (Å²) in [7, 11) is 0. The average molecular weight is 452 g/mol. The summed E-state index contributed by atoms with van der Waals surface area (Å²) in [4.78, 5) is 21.6. The van der Waals surface area contributed by atoms with E-state index in [-0.39, 0.29) is 11.7 Å². The van der Waals surface area contributed by atoms with E-state index in [0.717, 1.165) is 14.7 Å². The van der Waals surface area contributed by atoms with Gasteiger partial charge in [0.15, 0.2) is 5.13 Å². The standard InChI is InChI=1S/C21H14BrN3O2S/c22-14-9-10-18(26)13(11-14)12-23-16-6-2-1-5-15(16)20(27)25-21-24-17-7-3-4-8-19(17)28-21/h1-12,26H,(H,24,25,27). The van der Waals surface area contributed by atoms with Crippen molar-refractivity contribution in [1.29, 1.82) is 0 Å². The van der Waals surface area contributed by atoms with Crippen LogP contribution in [0.2, 0.25) is 0 Å². The highest BCUT2D eigenvalue weighted by Gasteiger charge is 2.13. The summed E-state index contributed by atoms with van der Waals surface area (Å²) in [6.45, 7) is 0. The van der Waals surface area contributed by atoms with E-state index < -0.39 is 0 Å². The Morgan fingerprint density at radius 3 is 2.75 bits per heavy atom. The quantitative estimate of drug-likeness (QED) is 0.386. The van der Waals surface area contributed by atoms with Gasteiger partial charge in [-0.1, -0.05) is 51.5 Å². The topological polar surface area (TPSA) is 74.6 Å². The highest BCUT2D eigenvalue weighted by molar-refractivity contribution is 9.10. The number of para-hydroxylation sites is 2. The summed E-state index contributed by atoms with van der Waals surface area (Å²) in [6, 6.07) is 19.8. The first-order chi connectivity index (χ1) is 13.6. The van der Waals surface area contributed by atoms with Gasteiger partial charge < -0.3 is 5.11 Å². The number of carbonyl (C=O) groups is 1. The van der Waals surface area contributed by atoms with E-state index in [4.69, 9.17) is 0 Å². The van der Waals surface area contributed by atoms with Gasteiger partial charge in [-0.15, -0.1) is 0 Å². The number of aromatic hydroxyl groups is 1. The van der Waals surface area contributed by atoms with Gasteiger partial charge in [-0.2, -0.15) is 0 Å². The van der Waals surface area contributed by atoms with Gasteiger partial charge >= 0.3 is 0 Å². The Labute approximate surface area is 173 Å². The van der Waals surface area contributed by atoms with Crippen molar-refractivity contribution in [2.75, 3.05) is 5.32 Å². The lowest BCUT2D eigenvalue weighted by atomic mass is 10.1. The van der Waals surface area contributed by atoms with Crippen LogP contribution in [0.3, 0.4) is 0 Å². The molecular weight excluding hydrogens is 438 g/mol. The Bertz CT molecular complexity index is 1170. The molecule has 7 heteroatoms. The number of hydrogen-bond acceptors (Lipinski definition) is 5. The molecule has 4 rings (SSSR count). The summed E-state index contributed by atoms with van der Waals surface area (Å²) < 4.78 is 1.84. The Morgan fingerprint density at radius 1 is 1.11 bits per heavy atom. The fraction of sp³-hybridized carbons (Fsp3) is 0. The van der Waals surface area contributed by atoms with Gasteiger partial charge in [-0.05, 0) is 42.5 Å². The van der Waals surface area contributed by atoms with Gasteiger partial charge in [0, 0.05) is 16.3 Å². The molecule has 0 spiro atoms. The van der Waals surface area contributed by atoms with Crippen molar-refractivity contribution in [2.45, 2.75) is 0 Å². The number of thiazole rings is 1. The molecule has 0 unspecified atom stereocenters. The highest BCUT2D eigenvalue weighted by Crippen LogP contribution is 2.27. The highest BCUT2D eigenvalue weighted by atomic mass is 79.9. The molecule has 2 N–H and O–H groups in total. The first-order valence-corrected chi connectivity index (χ1v) is 9.99. The molecule has 28 heavy (non-hydrogen) atoms. The number of nitrogens with zero attached hydrogens (tertiary/aromatic N) is 2. The molecule has 4 aromatic rings. The zero-order valence-corrected chi connectivity index (χ0v) is 16.9. The summed E-state index contributed by atoms with van der Waals surface area (Å²) in [5.74, 6) is -0.173. The van der Waals surface area contributed by atoms with Gasteiger partial charge in [0.2, 0.25) is 0 Å². The minimum atomic E-state index is -0.287. The minimum absolute atomic E-state index is 0.114. The van der Waals surface area contributed by atoms with Gasteiger partial charge in [0.1, 0.15) is 5.75 Å². The number of halogens is 1. The molecule has 0 saturated heterocycles. The lowest BCUT2D eigenvalue weighted by Crippen LogP contribution is -2.11. The molecule has 0 bridgehead atoms. The SMILES string of the molecule is O=C(Nc1nc2ccccc2s1)c1ccccc1N=Cc1cc(Br)ccc1O. The third-order valence-corrected chi connectivity index (χ3v) is 5.44. The Morgan fingerprint density at radius 2 is 1.89 bits per heavy atom. The normalized spacial score (nSPS) is 11.2. The van der Waals surface area contributed by atoms with E-state index in [1.54, 1.807) is 36.4 Å². The largest absolute Gasteiger partial charge is 0.507 e. The van der Waals surface area contributed by atoms with Crippen LogP contribution < -0.4 is 5.32 Å². The van der Waals surface area contributed by atoms with Crippen LogP contribution in [-0.2, 0) is 0 Å². The number of nitrogens with one attached hydrogen (secondary N) is 1.